The van der Waals surface area contributed by atoms with Gasteiger partial charge in [0, 0.05) is 23.7 Å². The molecule has 0 spiro atoms. The van der Waals surface area contributed by atoms with Crippen LogP contribution in [-0.2, 0) is 16.4 Å². The van der Waals surface area contributed by atoms with Crippen molar-refractivity contribution in [2.24, 2.45) is 0 Å². The molecule has 168 valence electrons. The highest BCUT2D eigenvalue weighted by atomic mass is 32.2. The van der Waals surface area contributed by atoms with Crippen LogP contribution < -0.4 is 10.1 Å². The summed E-state index contributed by atoms with van der Waals surface area (Å²) in [5.74, 6) is 1.08. The third kappa shape index (κ3) is 3.85. The van der Waals surface area contributed by atoms with Gasteiger partial charge in [0.15, 0.2) is 15.5 Å². The highest BCUT2D eigenvalue weighted by molar-refractivity contribution is 7.91. The van der Waals surface area contributed by atoms with Gasteiger partial charge in [0.2, 0.25) is 0 Å². The summed E-state index contributed by atoms with van der Waals surface area (Å²) in [7, 11) is -1.46. The number of hydrogen-bond acceptors (Lipinski definition) is 6. The zero-order valence-electron chi connectivity index (χ0n) is 18.2. The zero-order chi connectivity index (χ0) is 22.5. The monoisotopic (exact) mass is 454 g/mol. The summed E-state index contributed by atoms with van der Waals surface area (Å²) in [5, 5.41) is 8.34. The van der Waals surface area contributed by atoms with Crippen LogP contribution in [0.1, 0.15) is 58.5 Å². The van der Waals surface area contributed by atoms with Gasteiger partial charge < -0.3 is 10.1 Å². The predicted molar refractivity (Wildman–Crippen MR) is 121 cm³/mol. The van der Waals surface area contributed by atoms with Gasteiger partial charge >= 0.3 is 0 Å². The van der Waals surface area contributed by atoms with Gasteiger partial charge in [0.05, 0.1) is 41.3 Å². The Balaban J connectivity index is 1.53. The van der Waals surface area contributed by atoms with Gasteiger partial charge in [-0.05, 0) is 38.3 Å². The summed E-state index contributed by atoms with van der Waals surface area (Å²) in [6, 6.07) is 9.20. The maximum atomic E-state index is 13.3. The number of sulfone groups is 1. The first-order valence-electron chi connectivity index (χ1n) is 10.9. The van der Waals surface area contributed by atoms with Gasteiger partial charge in [-0.3, -0.25) is 4.79 Å². The molecule has 0 radical (unpaired) electrons. The number of hydrogen-bond donors (Lipinski definition) is 1. The van der Waals surface area contributed by atoms with E-state index in [1.807, 2.05) is 37.3 Å². The molecule has 1 saturated carbocycles. The van der Waals surface area contributed by atoms with Crippen LogP contribution in [0, 0.1) is 6.92 Å². The Hall–Kier alpha value is -2.94. The first-order valence-corrected chi connectivity index (χ1v) is 12.7. The van der Waals surface area contributed by atoms with Crippen LogP contribution in [0.2, 0.25) is 0 Å². The lowest BCUT2D eigenvalue weighted by Gasteiger charge is -2.13. The first kappa shape index (κ1) is 20.9. The van der Waals surface area contributed by atoms with Crippen LogP contribution in [0.3, 0.4) is 0 Å². The fourth-order valence-electron chi connectivity index (χ4n) is 4.44. The average molecular weight is 455 g/mol. The highest BCUT2D eigenvalue weighted by Gasteiger charge is 2.34. The van der Waals surface area contributed by atoms with Gasteiger partial charge in [-0.15, -0.1) is 0 Å². The van der Waals surface area contributed by atoms with E-state index in [-0.39, 0.29) is 23.5 Å². The van der Waals surface area contributed by atoms with E-state index in [1.54, 1.807) is 11.8 Å². The number of rotatable bonds is 6. The smallest absolute Gasteiger partial charge is 0.252 e. The predicted octanol–water partition coefficient (Wildman–Crippen LogP) is 2.92. The largest absolute Gasteiger partial charge is 0.496 e. The zero-order valence-corrected chi connectivity index (χ0v) is 19.0. The standard InChI is InChI=1S/C23H26N4O4S/c1-14-21-18(23(28)24-12-16-5-3-4-6-20(16)31-2)11-19(15-7-8-15)25-22(21)27(26-14)17-9-10-32(29,30)13-17/h3-6,11,15,17H,7-10,12-13H2,1-2H3,(H,24,28). The van der Waals surface area contributed by atoms with Gasteiger partial charge in [-0.1, -0.05) is 18.2 Å². The molecule has 1 amide bonds. The number of nitrogens with one attached hydrogen (secondary N) is 1. The van der Waals surface area contributed by atoms with Gasteiger partial charge in [0.25, 0.3) is 5.91 Å². The van der Waals surface area contributed by atoms with Gasteiger partial charge in [-0.25, -0.2) is 18.1 Å². The molecule has 1 atom stereocenters. The molecule has 5 rings (SSSR count). The first-order chi connectivity index (χ1) is 15.4. The third-order valence-corrected chi connectivity index (χ3v) is 8.03. The van der Waals surface area contributed by atoms with E-state index in [9.17, 15) is 13.2 Å². The van der Waals surface area contributed by atoms with Crippen molar-refractivity contribution in [2.45, 2.75) is 44.7 Å². The molecule has 1 aliphatic carbocycles. The second-order valence-electron chi connectivity index (χ2n) is 8.65. The number of nitrogens with zero attached hydrogens (tertiary/aromatic N) is 3. The van der Waals surface area contributed by atoms with Crippen LogP contribution in [0.5, 0.6) is 5.75 Å². The number of carbonyl (C=O) groups excluding carboxylic acids is 1. The van der Waals surface area contributed by atoms with Crippen molar-refractivity contribution in [3.63, 3.8) is 0 Å². The summed E-state index contributed by atoms with van der Waals surface area (Å²) < 4.78 is 31.2. The lowest BCUT2D eigenvalue weighted by molar-refractivity contribution is 0.0952. The van der Waals surface area contributed by atoms with E-state index >= 15 is 0 Å². The second-order valence-corrected chi connectivity index (χ2v) is 10.9. The number of methoxy groups -OCH3 is 1. The van der Waals surface area contributed by atoms with Crippen molar-refractivity contribution in [1.29, 1.82) is 0 Å². The summed E-state index contributed by atoms with van der Waals surface area (Å²) in [5.41, 5.74) is 3.59. The molecule has 1 N–H and O–H groups in total. The number of fused-ring (bicyclic) bond motifs is 1. The molecule has 1 saturated heterocycles. The van der Waals surface area contributed by atoms with Crippen molar-refractivity contribution in [3.8, 4) is 5.75 Å². The van der Waals surface area contributed by atoms with Crippen molar-refractivity contribution in [3.05, 3.63) is 52.8 Å². The number of benzene rings is 1. The van der Waals surface area contributed by atoms with E-state index in [2.05, 4.69) is 10.4 Å². The Morgan fingerprint density at radius 2 is 2.03 bits per heavy atom. The number of aromatic nitrogens is 3. The molecule has 2 aliphatic rings. The van der Waals surface area contributed by atoms with E-state index in [4.69, 9.17) is 9.72 Å². The Morgan fingerprint density at radius 3 is 2.72 bits per heavy atom. The lowest BCUT2D eigenvalue weighted by Crippen LogP contribution is -2.24. The molecule has 1 aliphatic heterocycles. The molecule has 3 aromatic rings. The summed E-state index contributed by atoms with van der Waals surface area (Å²) >= 11 is 0. The Bertz CT molecular complexity index is 1310. The van der Waals surface area contributed by atoms with Crippen LogP contribution in [0.25, 0.3) is 11.0 Å². The second kappa shape index (κ2) is 7.88. The fourth-order valence-corrected chi connectivity index (χ4v) is 6.13. The number of carbonyl (C=O) groups is 1. The normalized spacial score (nSPS) is 19.9. The van der Waals surface area contributed by atoms with Crippen molar-refractivity contribution >= 4 is 26.8 Å². The van der Waals surface area contributed by atoms with E-state index in [1.165, 1.54) is 0 Å². The van der Waals surface area contributed by atoms with Crippen molar-refractivity contribution in [1.82, 2.24) is 20.1 Å². The number of pyridine rings is 1. The molecule has 2 fully saturated rings. The van der Waals surface area contributed by atoms with E-state index in [0.717, 1.165) is 29.8 Å². The van der Waals surface area contributed by atoms with Crippen LogP contribution >= 0.6 is 0 Å². The maximum Gasteiger partial charge on any atom is 0.252 e. The van der Waals surface area contributed by atoms with Crippen molar-refractivity contribution in [2.75, 3.05) is 18.6 Å². The van der Waals surface area contributed by atoms with Crippen LogP contribution in [0.15, 0.2) is 30.3 Å². The summed E-state index contributed by atoms with van der Waals surface area (Å²) in [6.45, 7) is 2.18. The topological polar surface area (TPSA) is 103 Å². The highest BCUT2D eigenvalue weighted by Crippen LogP contribution is 2.41. The molecular formula is C23H26N4O4S. The fraction of sp³-hybridized carbons (Fsp3) is 0.435. The molecule has 0 bridgehead atoms. The number of ether oxygens (including phenoxy) is 1. The van der Waals surface area contributed by atoms with Crippen LogP contribution in [-0.4, -0.2) is 47.7 Å². The minimum atomic E-state index is -3.07. The minimum Gasteiger partial charge on any atom is -0.496 e. The molecule has 1 unspecified atom stereocenters. The van der Waals surface area contributed by atoms with E-state index < -0.39 is 9.84 Å². The number of para-hydroxylation sites is 1. The molecule has 32 heavy (non-hydrogen) atoms. The van der Waals surface area contributed by atoms with Crippen LogP contribution in [0.4, 0.5) is 0 Å². The Labute approximate surface area is 186 Å². The maximum absolute atomic E-state index is 13.3. The third-order valence-electron chi connectivity index (χ3n) is 6.28. The summed E-state index contributed by atoms with van der Waals surface area (Å²) in [4.78, 5) is 18.1. The van der Waals surface area contributed by atoms with Gasteiger partial charge in [0.1, 0.15) is 5.75 Å². The van der Waals surface area contributed by atoms with Crippen molar-refractivity contribution < 1.29 is 17.9 Å². The molecule has 8 nitrogen and oxygen atoms in total. The summed E-state index contributed by atoms with van der Waals surface area (Å²) in [6.07, 6.45) is 2.61. The Morgan fingerprint density at radius 1 is 1.25 bits per heavy atom. The lowest BCUT2D eigenvalue weighted by atomic mass is 10.1. The number of amides is 1. The molecule has 1 aromatic carbocycles. The SMILES string of the molecule is COc1ccccc1CNC(=O)c1cc(C2CC2)nc2c1c(C)nn2C1CCS(=O)(=O)C1. The van der Waals surface area contributed by atoms with Gasteiger partial charge in [-0.2, -0.15) is 5.10 Å². The molecule has 3 heterocycles. The quantitative estimate of drug-likeness (QED) is 0.614. The molecular weight excluding hydrogens is 428 g/mol. The molecule has 2 aromatic heterocycles. The molecule has 9 heteroatoms. The van der Waals surface area contributed by atoms with E-state index in [0.29, 0.717) is 41.2 Å². The Kier molecular flexibility index (Phi) is 5.16. The minimum absolute atomic E-state index is 0.0634. The average Bonchev–Trinajstić information content (AvgIpc) is 3.50. The number of aryl methyl sites for hydroxylation is 1.